The molecular weight excluding hydrogens is 253 g/mol. The predicted molar refractivity (Wildman–Crippen MR) is 82.7 cm³/mol. The number of anilines is 1. The number of benzene rings is 1. The molecule has 0 bridgehead atoms. The first kappa shape index (κ1) is 15.3. The highest BCUT2D eigenvalue weighted by atomic mass is 19.1. The molecule has 1 heterocycles. The van der Waals surface area contributed by atoms with Crippen molar-refractivity contribution in [2.24, 2.45) is 0 Å². The van der Waals surface area contributed by atoms with E-state index in [1.54, 1.807) is 12.1 Å². The number of nitrogens with zero attached hydrogens (tertiary/aromatic N) is 2. The van der Waals surface area contributed by atoms with Crippen molar-refractivity contribution in [3.8, 4) is 0 Å². The van der Waals surface area contributed by atoms with Gasteiger partial charge in [-0.05, 0) is 56.7 Å². The molecule has 1 aliphatic heterocycles. The van der Waals surface area contributed by atoms with Crippen molar-refractivity contribution in [1.29, 1.82) is 0 Å². The van der Waals surface area contributed by atoms with E-state index in [9.17, 15) is 4.39 Å². The molecule has 0 unspecified atom stereocenters. The normalized spacial score (nSPS) is 17.2. The first-order chi connectivity index (χ1) is 9.69. The first-order valence-corrected chi connectivity index (χ1v) is 7.62. The largest absolute Gasteiger partial charge is 0.370 e. The fourth-order valence-corrected chi connectivity index (χ4v) is 2.63. The molecule has 0 saturated carbocycles. The van der Waals surface area contributed by atoms with E-state index in [2.05, 4.69) is 35.2 Å². The van der Waals surface area contributed by atoms with Gasteiger partial charge in [0.25, 0.3) is 0 Å². The van der Waals surface area contributed by atoms with Gasteiger partial charge in [0, 0.05) is 31.9 Å². The van der Waals surface area contributed by atoms with Crippen LogP contribution in [0.2, 0.25) is 0 Å². The maximum Gasteiger partial charge on any atom is 0.125 e. The van der Waals surface area contributed by atoms with Crippen molar-refractivity contribution in [1.82, 2.24) is 10.2 Å². The summed E-state index contributed by atoms with van der Waals surface area (Å²) in [7, 11) is 2.15. The molecule has 1 saturated heterocycles. The third-order valence-electron chi connectivity index (χ3n) is 3.78. The Bertz CT molecular complexity index is 422. The number of hydrogen-bond donors (Lipinski definition) is 1. The maximum absolute atomic E-state index is 13.8. The zero-order valence-corrected chi connectivity index (χ0v) is 12.7. The summed E-state index contributed by atoms with van der Waals surface area (Å²) < 4.78 is 13.8. The molecule has 2 rings (SSSR count). The lowest BCUT2D eigenvalue weighted by Gasteiger charge is -2.23. The molecule has 1 aromatic rings. The average molecular weight is 279 g/mol. The summed E-state index contributed by atoms with van der Waals surface area (Å²) in [5.41, 5.74) is 2.06. The van der Waals surface area contributed by atoms with Crippen LogP contribution in [0.25, 0.3) is 0 Å². The summed E-state index contributed by atoms with van der Waals surface area (Å²) in [6.07, 6.45) is 2.23. The highest BCUT2D eigenvalue weighted by Gasteiger charge is 2.13. The van der Waals surface area contributed by atoms with Gasteiger partial charge in [0.1, 0.15) is 5.82 Å². The van der Waals surface area contributed by atoms with Crippen molar-refractivity contribution < 1.29 is 4.39 Å². The van der Waals surface area contributed by atoms with Gasteiger partial charge in [-0.1, -0.05) is 6.92 Å². The van der Waals surface area contributed by atoms with E-state index in [1.807, 2.05) is 0 Å². The van der Waals surface area contributed by atoms with Crippen LogP contribution in [-0.4, -0.2) is 44.7 Å². The van der Waals surface area contributed by atoms with Crippen LogP contribution in [0.15, 0.2) is 18.2 Å². The zero-order valence-electron chi connectivity index (χ0n) is 12.7. The Hall–Kier alpha value is -1.13. The van der Waals surface area contributed by atoms with Crippen LogP contribution in [0.3, 0.4) is 0 Å². The molecule has 0 aromatic heterocycles. The average Bonchev–Trinajstić information content (AvgIpc) is 2.63. The predicted octanol–water partition coefficient (Wildman–Crippen LogP) is 2.47. The minimum absolute atomic E-state index is 0.131. The van der Waals surface area contributed by atoms with Gasteiger partial charge < -0.3 is 15.1 Å². The van der Waals surface area contributed by atoms with E-state index in [4.69, 9.17) is 0 Å². The lowest BCUT2D eigenvalue weighted by atomic mass is 10.1. The van der Waals surface area contributed by atoms with Crippen molar-refractivity contribution in [3.05, 3.63) is 29.6 Å². The second kappa shape index (κ2) is 7.60. The van der Waals surface area contributed by atoms with Crippen LogP contribution in [0, 0.1) is 5.82 Å². The van der Waals surface area contributed by atoms with E-state index in [-0.39, 0.29) is 5.82 Å². The second-order valence-electron chi connectivity index (χ2n) is 5.64. The van der Waals surface area contributed by atoms with Gasteiger partial charge in [0.2, 0.25) is 0 Å². The number of halogens is 1. The maximum atomic E-state index is 13.8. The Labute approximate surface area is 121 Å². The topological polar surface area (TPSA) is 18.5 Å². The molecule has 0 amide bonds. The van der Waals surface area contributed by atoms with Crippen LogP contribution in [0.4, 0.5) is 10.1 Å². The molecule has 20 heavy (non-hydrogen) atoms. The lowest BCUT2D eigenvalue weighted by molar-refractivity contribution is 0.360. The Morgan fingerprint density at radius 3 is 2.80 bits per heavy atom. The summed E-state index contributed by atoms with van der Waals surface area (Å²) in [4.78, 5) is 4.64. The standard InChI is InChI=1S/C16H26FN3/c1-3-5-18-13-14-10-15(17)12-16(11-14)20-7-4-6-19(2)8-9-20/h10-12,18H,3-9,13H2,1-2H3. The number of nitrogens with one attached hydrogen (secondary N) is 1. The van der Waals surface area contributed by atoms with E-state index in [0.29, 0.717) is 0 Å². The highest BCUT2D eigenvalue weighted by molar-refractivity contribution is 5.49. The van der Waals surface area contributed by atoms with Crippen LogP contribution < -0.4 is 10.2 Å². The molecule has 1 N–H and O–H groups in total. The minimum Gasteiger partial charge on any atom is -0.370 e. The van der Waals surface area contributed by atoms with E-state index < -0.39 is 0 Å². The van der Waals surface area contributed by atoms with Crippen LogP contribution in [-0.2, 0) is 6.54 Å². The number of rotatable bonds is 5. The molecule has 4 heteroatoms. The quantitative estimate of drug-likeness (QED) is 0.835. The molecular formula is C16H26FN3. The fraction of sp³-hybridized carbons (Fsp3) is 0.625. The highest BCUT2D eigenvalue weighted by Crippen LogP contribution is 2.20. The summed E-state index contributed by atoms with van der Waals surface area (Å²) >= 11 is 0. The van der Waals surface area contributed by atoms with Gasteiger partial charge in [0.05, 0.1) is 0 Å². The molecule has 1 fully saturated rings. The van der Waals surface area contributed by atoms with Gasteiger partial charge in [-0.25, -0.2) is 4.39 Å². The second-order valence-corrected chi connectivity index (χ2v) is 5.64. The Morgan fingerprint density at radius 1 is 1.15 bits per heavy atom. The summed E-state index contributed by atoms with van der Waals surface area (Å²) in [6, 6.07) is 5.42. The Balaban J connectivity index is 2.06. The molecule has 0 spiro atoms. The monoisotopic (exact) mass is 279 g/mol. The molecule has 1 aliphatic rings. The fourth-order valence-electron chi connectivity index (χ4n) is 2.63. The van der Waals surface area contributed by atoms with Gasteiger partial charge in [-0.3, -0.25) is 0 Å². The third kappa shape index (κ3) is 4.46. The first-order valence-electron chi connectivity index (χ1n) is 7.62. The van der Waals surface area contributed by atoms with E-state index in [1.165, 1.54) is 0 Å². The van der Waals surface area contributed by atoms with E-state index in [0.717, 1.165) is 63.4 Å². The van der Waals surface area contributed by atoms with Crippen LogP contribution >= 0.6 is 0 Å². The van der Waals surface area contributed by atoms with Crippen molar-refractivity contribution in [2.75, 3.05) is 44.7 Å². The van der Waals surface area contributed by atoms with Crippen LogP contribution in [0.5, 0.6) is 0 Å². The molecule has 0 radical (unpaired) electrons. The smallest absolute Gasteiger partial charge is 0.125 e. The Morgan fingerprint density at radius 2 is 2.00 bits per heavy atom. The van der Waals surface area contributed by atoms with Crippen LogP contribution in [0.1, 0.15) is 25.3 Å². The van der Waals surface area contributed by atoms with Gasteiger partial charge in [-0.15, -0.1) is 0 Å². The Kier molecular flexibility index (Phi) is 5.80. The van der Waals surface area contributed by atoms with Gasteiger partial charge in [0.15, 0.2) is 0 Å². The summed E-state index contributed by atoms with van der Waals surface area (Å²) in [5, 5.41) is 3.33. The molecule has 0 aliphatic carbocycles. The SMILES string of the molecule is CCCNCc1cc(F)cc(N2CCCN(C)CC2)c1. The molecule has 112 valence electrons. The third-order valence-corrected chi connectivity index (χ3v) is 3.78. The van der Waals surface area contributed by atoms with Gasteiger partial charge >= 0.3 is 0 Å². The van der Waals surface area contributed by atoms with Crippen molar-refractivity contribution in [2.45, 2.75) is 26.3 Å². The molecule has 3 nitrogen and oxygen atoms in total. The zero-order chi connectivity index (χ0) is 14.4. The summed E-state index contributed by atoms with van der Waals surface area (Å²) in [6.45, 7) is 8.00. The minimum atomic E-state index is -0.131. The lowest BCUT2D eigenvalue weighted by Crippen LogP contribution is -2.29. The molecule has 1 aromatic carbocycles. The molecule has 0 atom stereocenters. The summed E-state index contributed by atoms with van der Waals surface area (Å²) in [5.74, 6) is -0.131. The number of likely N-dealkylation sites (N-methyl/N-ethyl adjacent to an activating group) is 1. The van der Waals surface area contributed by atoms with Crippen molar-refractivity contribution in [3.63, 3.8) is 0 Å². The van der Waals surface area contributed by atoms with Crippen molar-refractivity contribution >= 4 is 5.69 Å². The van der Waals surface area contributed by atoms with E-state index >= 15 is 0 Å². The number of hydrogen-bond acceptors (Lipinski definition) is 3. The van der Waals surface area contributed by atoms with Gasteiger partial charge in [-0.2, -0.15) is 0 Å².